The van der Waals surface area contributed by atoms with Gasteiger partial charge in [0.1, 0.15) is 29.3 Å². The molecular weight excluding hydrogens is 419 g/mol. The van der Waals surface area contributed by atoms with E-state index in [1.54, 1.807) is 47.6 Å². The number of carbonyl (C=O) groups is 4. The number of halogens is 1. The fraction of sp³-hybridized carbons (Fsp3) is 0.565. The number of hydrogen-bond donors (Lipinski definition) is 2. The topological polar surface area (TPSA) is 111 Å². The Balaban J connectivity index is 2.18. The highest BCUT2D eigenvalue weighted by molar-refractivity contribution is 5.98. The fourth-order valence-corrected chi connectivity index (χ4v) is 3.33. The van der Waals surface area contributed by atoms with Gasteiger partial charge in [-0.25, -0.2) is 9.18 Å². The molecule has 1 aliphatic carbocycles. The van der Waals surface area contributed by atoms with Gasteiger partial charge < -0.3 is 24.9 Å². The molecule has 0 radical (unpaired) electrons. The van der Waals surface area contributed by atoms with Gasteiger partial charge in [0.2, 0.25) is 5.91 Å². The first-order chi connectivity index (χ1) is 14.7. The minimum absolute atomic E-state index is 0.165. The van der Waals surface area contributed by atoms with Crippen molar-refractivity contribution in [2.24, 2.45) is 5.92 Å². The molecule has 0 saturated carbocycles. The first-order valence-electron chi connectivity index (χ1n) is 10.5. The standard InChI is InChI=1S/C23H31FN2O6/c1-22(2,3)31-19(28)11-18(26-21(30)32-23(4,5)6)20(29)25-15-9-14-7-13(12-27)8-16(14)17(24)10-15/h9-10,12-13,18H,7-8,11H2,1-6H3,(H,25,29)(H,26,30). The average Bonchev–Trinajstić information content (AvgIpc) is 3.01. The molecule has 2 amide bonds. The number of rotatable bonds is 6. The largest absolute Gasteiger partial charge is 0.460 e. The zero-order valence-corrected chi connectivity index (χ0v) is 19.3. The lowest BCUT2D eigenvalue weighted by atomic mass is 10.1. The van der Waals surface area contributed by atoms with E-state index in [2.05, 4.69) is 10.6 Å². The van der Waals surface area contributed by atoms with Crippen LogP contribution >= 0.6 is 0 Å². The fourth-order valence-electron chi connectivity index (χ4n) is 3.33. The van der Waals surface area contributed by atoms with Crippen LogP contribution in [0.1, 0.15) is 59.1 Å². The number of anilines is 1. The van der Waals surface area contributed by atoms with Crippen LogP contribution in [-0.4, -0.2) is 41.5 Å². The minimum Gasteiger partial charge on any atom is -0.460 e. The summed E-state index contributed by atoms with van der Waals surface area (Å²) in [6, 6.07) is 1.44. The summed E-state index contributed by atoms with van der Waals surface area (Å²) in [5, 5.41) is 4.92. The number of fused-ring (bicyclic) bond motifs is 1. The molecule has 0 aromatic heterocycles. The zero-order valence-electron chi connectivity index (χ0n) is 19.3. The maximum Gasteiger partial charge on any atom is 0.408 e. The van der Waals surface area contributed by atoms with Gasteiger partial charge in [0.15, 0.2) is 0 Å². The van der Waals surface area contributed by atoms with Crippen LogP contribution < -0.4 is 10.6 Å². The lowest BCUT2D eigenvalue weighted by molar-refractivity contribution is -0.156. The van der Waals surface area contributed by atoms with E-state index in [9.17, 15) is 23.6 Å². The van der Waals surface area contributed by atoms with Crippen molar-refractivity contribution in [2.75, 3.05) is 5.32 Å². The summed E-state index contributed by atoms with van der Waals surface area (Å²) in [5.74, 6) is -2.24. The molecule has 176 valence electrons. The summed E-state index contributed by atoms with van der Waals surface area (Å²) in [6.07, 6.45) is 0.176. The molecule has 1 aromatic carbocycles. The SMILES string of the molecule is CC(C)(C)OC(=O)CC(NC(=O)OC(C)(C)C)C(=O)Nc1cc(F)c2c(c1)CC(C=O)C2. The summed E-state index contributed by atoms with van der Waals surface area (Å²) < 4.78 is 24.9. The molecule has 0 saturated heterocycles. The Morgan fingerprint density at radius 2 is 1.72 bits per heavy atom. The summed E-state index contributed by atoms with van der Waals surface area (Å²) in [6.45, 7) is 10.0. The van der Waals surface area contributed by atoms with Gasteiger partial charge in [0.05, 0.1) is 6.42 Å². The van der Waals surface area contributed by atoms with Gasteiger partial charge >= 0.3 is 12.1 Å². The number of amides is 2. The molecule has 2 rings (SSSR count). The highest BCUT2D eigenvalue weighted by Crippen LogP contribution is 2.31. The number of benzene rings is 1. The number of aldehydes is 1. The Kier molecular flexibility index (Phi) is 7.64. The average molecular weight is 451 g/mol. The third-order valence-corrected chi connectivity index (χ3v) is 4.49. The van der Waals surface area contributed by atoms with Gasteiger partial charge in [0.25, 0.3) is 0 Å². The van der Waals surface area contributed by atoms with E-state index in [1.165, 1.54) is 0 Å². The number of ether oxygens (including phenoxy) is 2. The second-order valence-corrected chi connectivity index (χ2v) is 9.88. The van der Waals surface area contributed by atoms with Crippen LogP contribution in [-0.2, 0) is 36.7 Å². The van der Waals surface area contributed by atoms with Gasteiger partial charge in [-0.05, 0) is 77.6 Å². The zero-order chi connectivity index (χ0) is 24.3. The molecule has 1 aromatic rings. The van der Waals surface area contributed by atoms with Crippen LogP contribution in [0.5, 0.6) is 0 Å². The second kappa shape index (κ2) is 9.67. The van der Waals surface area contributed by atoms with Crippen molar-refractivity contribution in [1.29, 1.82) is 0 Å². The minimum atomic E-state index is -1.31. The quantitative estimate of drug-likeness (QED) is 0.508. The van der Waals surface area contributed by atoms with E-state index in [0.29, 0.717) is 24.0 Å². The summed E-state index contributed by atoms with van der Waals surface area (Å²) in [5.41, 5.74) is -0.325. The number of esters is 1. The van der Waals surface area contributed by atoms with Gasteiger partial charge in [-0.1, -0.05) is 0 Å². The van der Waals surface area contributed by atoms with Crippen molar-refractivity contribution in [3.8, 4) is 0 Å². The molecule has 0 aliphatic heterocycles. The molecule has 8 nitrogen and oxygen atoms in total. The summed E-state index contributed by atoms with van der Waals surface area (Å²) in [4.78, 5) is 48.4. The molecule has 2 atom stereocenters. The van der Waals surface area contributed by atoms with Crippen LogP contribution in [0, 0.1) is 11.7 Å². The highest BCUT2D eigenvalue weighted by atomic mass is 19.1. The molecular formula is C23H31FN2O6. The van der Waals surface area contributed by atoms with E-state index >= 15 is 0 Å². The predicted molar refractivity (Wildman–Crippen MR) is 116 cm³/mol. The first kappa shape index (κ1) is 25.3. The van der Waals surface area contributed by atoms with Crippen LogP contribution in [0.3, 0.4) is 0 Å². The van der Waals surface area contributed by atoms with Crippen molar-refractivity contribution >= 4 is 29.9 Å². The molecule has 2 N–H and O–H groups in total. The predicted octanol–water partition coefficient (Wildman–Crippen LogP) is 3.30. The lowest BCUT2D eigenvalue weighted by Crippen LogP contribution is -2.47. The molecule has 0 heterocycles. The Hall–Kier alpha value is -2.97. The monoisotopic (exact) mass is 450 g/mol. The Labute approximate surface area is 187 Å². The van der Waals surface area contributed by atoms with Crippen LogP contribution in [0.25, 0.3) is 0 Å². The molecule has 32 heavy (non-hydrogen) atoms. The van der Waals surface area contributed by atoms with Gasteiger partial charge in [-0.2, -0.15) is 0 Å². The van der Waals surface area contributed by atoms with E-state index in [1.807, 2.05) is 0 Å². The normalized spacial score (nSPS) is 16.5. The van der Waals surface area contributed by atoms with Crippen molar-refractivity contribution in [3.63, 3.8) is 0 Å². The molecule has 1 aliphatic rings. The summed E-state index contributed by atoms with van der Waals surface area (Å²) in [7, 11) is 0. The lowest BCUT2D eigenvalue weighted by Gasteiger charge is -2.24. The number of nitrogens with one attached hydrogen (secondary N) is 2. The third kappa shape index (κ3) is 7.62. The van der Waals surface area contributed by atoms with E-state index in [-0.39, 0.29) is 11.6 Å². The highest BCUT2D eigenvalue weighted by Gasteiger charge is 2.30. The van der Waals surface area contributed by atoms with Gasteiger partial charge in [0, 0.05) is 11.6 Å². The number of alkyl carbamates (subject to hydrolysis) is 1. The Bertz CT molecular complexity index is 871. The number of hydrogen-bond acceptors (Lipinski definition) is 6. The van der Waals surface area contributed by atoms with Crippen molar-refractivity contribution in [3.05, 3.63) is 29.1 Å². The molecule has 0 fully saturated rings. The van der Waals surface area contributed by atoms with E-state index in [4.69, 9.17) is 9.47 Å². The van der Waals surface area contributed by atoms with Crippen LogP contribution in [0.2, 0.25) is 0 Å². The third-order valence-electron chi connectivity index (χ3n) is 4.49. The van der Waals surface area contributed by atoms with E-state index < -0.39 is 47.5 Å². The smallest absolute Gasteiger partial charge is 0.408 e. The van der Waals surface area contributed by atoms with Gasteiger partial charge in [-0.3, -0.25) is 9.59 Å². The van der Waals surface area contributed by atoms with Crippen LogP contribution in [0.15, 0.2) is 12.1 Å². The summed E-state index contributed by atoms with van der Waals surface area (Å²) >= 11 is 0. The Morgan fingerprint density at radius 1 is 1.09 bits per heavy atom. The number of carbonyl (C=O) groups excluding carboxylic acids is 4. The molecule has 9 heteroatoms. The first-order valence-corrected chi connectivity index (χ1v) is 10.5. The maximum atomic E-state index is 14.5. The second-order valence-electron chi connectivity index (χ2n) is 9.88. The molecule has 0 spiro atoms. The van der Waals surface area contributed by atoms with E-state index in [0.717, 1.165) is 12.4 Å². The maximum absolute atomic E-state index is 14.5. The van der Waals surface area contributed by atoms with Gasteiger partial charge in [-0.15, -0.1) is 0 Å². The van der Waals surface area contributed by atoms with Crippen LogP contribution in [0.4, 0.5) is 14.9 Å². The molecule has 2 unspecified atom stereocenters. The molecule has 0 bridgehead atoms. The van der Waals surface area contributed by atoms with Crippen molar-refractivity contribution in [2.45, 2.75) is 78.0 Å². The van der Waals surface area contributed by atoms with Crippen molar-refractivity contribution in [1.82, 2.24) is 5.32 Å². The Morgan fingerprint density at radius 3 is 2.28 bits per heavy atom. The van der Waals surface area contributed by atoms with Crippen molar-refractivity contribution < 1.29 is 33.0 Å².